The fourth-order valence-electron chi connectivity index (χ4n) is 4.34. The van der Waals surface area contributed by atoms with Crippen molar-refractivity contribution < 1.29 is 41.0 Å². The molecule has 0 unspecified atom stereocenters. The van der Waals surface area contributed by atoms with Gasteiger partial charge in [0.1, 0.15) is 17.1 Å². The van der Waals surface area contributed by atoms with Crippen molar-refractivity contribution in [3.8, 4) is 5.75 Å². The maximum absolute atomic E-state index is 15.5. The van der Waals surface area contributed by atoms with Gasteiger partial charge in [0.25, 0.3) is 0 Å². The highest BCUT2D eigenvalue weighted by Gasteiger charge is 2.43. The third-order valence-electron chi connectivity index (χ3n) is 6.15. The SMILES string of the molecule is COc1c(N2CCC/C(=C(/F)CN)C2)c(F)cc2c(=O)c(C(=O)OC(=O)C(F)(F)F)cn(C3CC3)c12. The van der Waals surface area contributed by atoms with E-state index in [1.54, 1.807) is 4.90 Å². The molecule has 2 fully saturated rings. The number of hydrogen-bond donors (Lipinski definition) is 1. The normalized spacial score (nSPS) is 17.8. The molecule has 1 aromatic heterocycles. The van der Waals surface area contributed by atoms with E-state index in [0.29, 0.717) is 37.8 Å². The molecule has 2 aliphatic rings. The lowest BCUT2D eigenvalue weighted by Gasteiger charge is -2.33. The van der Waals surface area contributed by atoms with E-state index in [1.807, 2.05) is 0 Å². The lowest BCUT2D eigenvalue weighted by atomic mass is 10.0. The Bertz CT molecular complexity index is 1330. The number of alkyl halides is 3. The van der Waals surface area contributed by atoms with Gasteiger partial charge in [-0.3, -0.25) is 4.79 Å². The summed E-state index contributed by atoms with van der Waals surface area (Å²) in [6, 6.07) is 0.602. The fourth-order valence-corrected chi connectivity index (χ4v) is 4.34. The molecule has 0 bridgehead atoms. The number of anilines is 1. The van der Waals surface area contributed by atoms with Crippen LogP contribution in [-0.2, 0) is 9.53 Å². The molecule has 1 saturated carbocycles. The van der Waals surface area contributed by atoms with E-state index in [1.165, 1.54) is 11.7 Å². The summed E-state index contributed by atoms with van der Waals surface area (Å²) in [5.41, 5.74) is 3.94. The number of esters is 2. The molecule has 1 aromatic carbocycles. The maximum atomic E-state index is 15.5. The first-order valence-electron chi connectivity index (χ1n) is 11.1. The lowest BCUT2D eigenvalue weighted by Crippen LogP contribution is -2.33. The third kappa shape index (κ3) is 4.66. The van der Waals surface area contributed by atoms with Gasteiger partial charge in [-0.2, -0.15) is 13.2 Å². The molecule has 2 N–H and O–H groups in total. The smallest absolute Gasteiger partial charge is 0.491 e. The molecule has 1 saturated heterocycles. The van der Waals surface area contributed by atoms with Crippen LogP contribution in [0.15, 0.2) is 28.5 Å². The minimum atomic E-state index is -5.45. The molecular formula is C23H22F5N3O5. The minimum Gasteiger partial charge on any atom is -0.492 e. The summed E-state index contributed by atoms with van der Waals surface area (Å²) in [7, 11) is 1.25. The van der Waals surface area contributed by atoms with E-state index in [0.717, 1.165) is 12.3 Å². The van der Waals surface area contributed by atoms with Crippen LogP contribution in [0.5, 0.6) is 5.75 Å². The standard InChI is InChI=1S/C23H22F5N3O5/c1-35-20-17-13(7-15(24)18(20)30-6-2-3-11(9-30)16(25)8-29)19(32)14(10-31(17)12-4-5-12)21(33)36-22(34)23(26,27)28/h7,10,12H,2-6,8-9,29H2,1H3/b16-11-. The Morgan fingerprint density at radius 1 is 1.25 bits per heavy atom. The summed E-state index contributed by atoms with van der Waals surface area (Å²) in [6.07, 6.45) is -2.27. The molecule has 4 rings (SSSR count). The van der Waals surface area contributed by atoms with Gasteiger partial charge in [0, 0.05) is 31.9 Å². The Morgan fingerprint density at radius 2 is 1.94 bits per heavy atom. The van der Waals surface area contributed by atoms with Crippen molar-refractivity contribution >= 4 is 28.5 Å². The van der Waals surface area contributed by atoms with Crippen molar-refractivity contribution in [1.29, 1.82) is 0 Å². The van der Waals surface area contributed by atoms with Crippen LogP contribution in [0.3, 0.4) is 0 Å². The number of fused-ring (bicyclic) bond motifs is 1. The molecule has 8 nitrogen and oxygen atoms in total. The van der Waals surface area contributed by atoms with Gasteiger partial charge in [0.05, 0.1) is 18.0 Å². The quantitative estimate of drug-likeness (QED) is 0.369. The average Bonchev–Trinajstić information content (AvgIpc) is 3.68. The van der Waals surface area contributed by atoms with Gasteiger partial charge in [0.15, 0.2) is 11.6 Å². The van der Waals surface area contributed by atoms with Gasteiger partial charge in [-0.25, -0.2) is 18.4 Å². The second-order valence-electron chi connectivity index (χ2n) is 8.56. The van der Waals surface area contributed by atoms with E-state index < -0.39 is 40.8 Å². The molecule has 13 heteroatoms. The number of aromatic nitrogens is 1. The van der Waals surface area contributed by atoms with E-state index in [2.05, 4.69) is 4.74 Å². The molecule has 2 heterocycles. The average molecular weight is 515 g/mol. The van der Waals surface area contributed by atoms with Gasteiger partial charge in [-0.15, -0.1) is 0 Å². The van der Waals surface area contributed by atoms with E-state index in [-0.39, 0.29) is 41.5 Å². The Balaban J connectivity index is 1.89. The Hall–Kier alpha value is -3.48. The molecule has 194 valence electrons. The van der Waals surface area contributed by atoms with Gasteiger partial charge in [-0.1, -0.05) is 0 Å². The number of ether oxygens (including phenoxy) is 2. The number of benzene rings is 1. The Kier molecular flexibility index (Phi) is 6.78. The second kappa shape index (κ2) is 9.52. The number of carbonyl (C=O) groups excluding carboxylic acids is 2. The maximum Gasteiger partial charge on any atom is 0.491 e. The van der Waals surface area contributed by atoms with E-state index in [4.69, 9.17) is 10.5 Å². The first-order valence-corrected chi connectivity index (χ1v) is 11.1. The van der Waals surface area contributed by atoms with E-state index >= 15 is 4.39 Å². The van der Waals surface area contributed by atoms with Crippen LogP contribution in [-0.4, -0.2) is 49.4 Å². The van der Waals surface area contributed by atoms with Crippen LogP contribution in [0.4, 0.5) is 27.6 Å². The molecule has 36 heavy (non-hydrogen) atoms. The molecule has 0 atom stereocenters. The van der Waals surface area contributed by atoms with Crippen molar-refractivity contribution in [1.82, 2.24) is 4.57 Å². The van der Waals surface area contributed by atoms with Crippen molar-refractivity contribution in [3.63, 3.8) is 0 Å². The largest absolute Gasteiger partial charge is 0.492 e. The zero-order valence-electron chi connectivity index (χ0n) is 19.1. The second-order valence-corrected chi connectivity index (χ2v) is 8.56. The van der Waals surface area contributed by atoms with Crippen LogP contribution >= 0.6 is 0 Å². The van der Waals surface area contributed by atoms with Crippen LogP contribution in [0.1, 0.15) is 42.1 Å². The molecule has 1 aliphatic carbocycles. The van der Waals surface area contributed by atoms with Crippen molar-refractivity contribution in [2.75, 3.05) is 31.6 Å². The zero-order valence-corrected chi connectivity index (χ0v) is 19.1. The Morgan fingerprint density at radius 3 is 2.53 bits per heavy atom. The Labute approximate surface area is 201 Å². The molecular weight excluding hydrogens is 493 g/mol. The predicted molar refractivity (Wildman–Crippen MR) is 118 cm³/mol. The summed E-state index contributed by atoms with van der Waals surface area (Å²) >= 11 is 0. The topological polar surface area (TPSA) is 104 Å². The van der Waals surface area contributed by atoms with Crippen LogP contribution in [0.2, 0.25) is 0 Å². The van der Waals surface area contributed by atoms with Gasteiger partial charge >= 0.3 is 18.1 Å². The van der Waals surface area contributed by atoms with Crippen LogP contribution < -0.4 is 20.8 Å². The number of nitrogens with zero attached hydrogens (tertiary/aromatic N) is 2. The molecule has 0 amide bonds. The lowest BCUT2D eigenvalue weighted by molar-refractivity contribution is -0.193. The highest BCUT2D eigenvalue weighted by Crippen LogP contribution is 2.44. The number of rotatable bonds is 5. The molecule has 0 spiro atoms. The van der Waals surface area contributed by atoms with Crippen molar-refractivity contribution in [3.05, 3.63) is 45.3 Å². The number of halogens is 5. The van der Waals surface area contributed by atoms with E-state index in [9.17, 15) is 31.9 Å². The summed E-state index contributed by atoms with van der Waals surface area (Å²) in [5, 5.41) is -0.338. The van der Waals surface area contributed by atoms with Gasteiger partial charge < -0.3 is 24.7 Å². The summed E-state index contributed by atoms with van der Waals surface area (Å²) in [4.78, 5) is 38.1. The van der Waals surface area contributed by atoms with Gasteiger partial charge in [-0.05, 0) is 37.3 Å². The van der Waals surface area contributed by atoms with Crippen molar-refractivity contribution in [2.45, 2.75) is 37.9 Å². The van der Waals surface area contributed by atoms with Crippen LogP contribution in [0.25, 0.3) is 10.9 Å². The number of methoxy groups -OCH3 is 1. The first kappa shape index (κ1) is 25.6. The highest BCUT2D eigenvalue weighted by molar-refractivity contribution is 6.01. The predicted octanol–water partition coefficient (Wildman–Crippen LogP) is 3.51. The number of nitrogens with two attached hydrogens (primary N) is 1. The summed E-state index contributed by atoms with van der Waals surface area (Å²) in [6.45, 7) is 0.106. The number of piperidine rings is 1. The van der Waals surface area contributed by atoms with Crippen LogP contribution in [0, 0.1) is 5.82 Å². The third-order valence-corrected chi connectivity index (χ3v) is 6.15. The highest BCUT2D eigenvalue weighted by atomic mass is 19.4. The summed E-state index contributed by atoms with van der Waals surface area (Å²) < 4.78 is 78.1. The molecule has 1 aliphatic heterocycles. The number of carbonyl (C=O) groups is 2. The fraction of sp³-hybridized carbons (Fsp3) is 0.435. The molecule has 2 aromatic rings. The zero-order chi connectivity index (χ0) is 26.4. The number of hydrogen-bond acceptors (Lipinski definition) is 7. The summed E-state index contributed by atoms with van der Waals surface area (Å²) in [5.74, 6) is -6.03. The monoisotopic (exact) mass is 515 g/mol. The van der Waals surface area contributed by atoms with Crippen molar-refractivity contribution in [2.24, 2.45) is 5.73 Å². The van der Waals surface area contributed by atoms with Gasteiger partial charge in [0.2, 0.25) is 5.43 Å². The minimum absolute atomic E-state index is 0.0246. The number of pyridine rings is 1. The first-order chi connectivity index (χ1) is 17.0. The molecule has 0 radical (unpaired) electrons.